The van der Waals surface area contributed by atoms with Crippen LogP contribution in [0.3, 0.4) is 0 Å². The molecular formula is C19H35N5O7. The molecule has 3 amide bonds. The highest BCUT2D eigenvalue weighted by atomic mass is 16.4. The molecule has 0 heterocycles. The molecule has 0 aromatic heterocycles. The summed E-state index contributed by atoms with van der Waals surface area (Å²) in [7, 11) is 0. The van der Waals surface area contributed by atoms with E-state index in [2.05, 4.69) is 16.0 Å². The van der Waals surface area contributed by atoms with Gasteiger partial charge in [0.25, 0.3) is 0 Å². The zero-order chi connectivity index (χ0) is 24.1. The number of rotatable bonds is 15. The molecule has 0 aliphatic carbocycles. The average Bonchev–Trinajstić information content (AvgIpc) is 2.64. The second-order valence-electron chi connectivity index (χ2n) is 7.82. The van der Waals surface area contributed by atoms with E-state index in [1.54, 1.807) is 13.8 Å². The van der Waals surface area contributed by atoms with Gasteiger partial charge in [-0.25, -0.2) is 4.79 Å². The van der Waals surface area contributed by atoms with E-state index in [9.17, 15) is 24.0 Å². The van der Waals surface area contributed by atoms with Crippen LogP contribution in [0.25, 0.3) is 0 Å². The Morgan fingerprint density at radius 2 is 1.32 bits per heavy atom. The number of carbonyl (C=O) groups is 5. The maximum Gasteiger partial charge on any atom is 0.326 e. The van der Waals surface area contributed by atoms with E-state index in [-0.39, 0.29) is 18.8 Å². The molecule has 12 heteroatoms. The largest absolute Gasteiger partial charge is 0.481 e. The molecule has 0 radical (unpaired) electrons. The average molecular weight is 446 g/mol. The minimum absolute atomic E-state index is 0.0480. The fourth-order valence-electron chi connectivity index (χ4n) is 2.69. The summed E-state index contributed by atoms with van der Waals surface area (Å²) in [4.78, 5) is 59.5. The van der Waals surface area contributed by atoms with Crippen LogP contribution in [-0.4, -0.2) is 70.6 Å². The van der Waals surface area contributed by atoms with E-state index in [0.717, 1.165) is 0 Å². The lowest BCUT2D eigenvalue weighted by Crippen LogP contribution is -2.57. The van der Waals surface area contributed by atoms with Crippen molar-refractivity contribution in [2.24, 2.45) is 17.4 Å². The van der Waals surface area contributed by atoms with Gasteiger partial charge in [-0.1, -0.05) is 13.8 Å². The maximum atomic E-state index is 12.8. The zero-order valence-electron chi connectivity index (χ0n) is 18.2. The zero-order valence-corrected chi connectivity index (χ0v) is 18.2. The summed E-state index contributed by atoms with van der Waals surface area (Å²) in [6, 6.07) is -4.56. The van der Waals surface area contributed by atoms with Crippen molar-refractivity contribution in [3.8, 4) is 0 Å². The van der Waals surface area contributed by atoms with Crippen molar-refractivity contribution >= 4 is 29.7 Å². The molecule has 0 rings (SSSR count). The second-order valence-corrected chi connectivity index (χ2v) is 7.82. The first-order chi connectivity index (χ1) is 14.4. The summed E-state index contributed by atoms with van der Waals surface area (Å²) in [5.41, 5.74) is 11.0. The van der Waals surface area contributed by atoms with Crippen molar-refractivity contribution in [2.75, 3.05) is 6.54 Å². The molecule has 0 spiro atoms. The number of amides is 3. The summed E-state index contributed by atoms with van der Waals surface area (Å²) >= 11 is 0. The van der Waals surface area contributed by atoms with Crippen LogP contribution in [0.4, 0.5) is 0 Å². The van der Waals surface area contributed by atoms with Gasteiger partial charge < -0.3 is 37.6 Å². The fraction of sp³-hybridized carbons (Fsp3) is 0.737. The Labute approximate surface area is 181 Å². The molecule has 4 unspecified atom stereocenters. The van der Waals surface area contributed by atoms with Crippen LogP contribution in [0.2, 0.25) is 0 Å². The maximum absolute atomic E-state index is 12.8. The molecule has 0 fully saturated rings. The molecular weight excluding hydrogens is 410 g/mol. The lowest BCUT2D eigenvalue weighted by atomic mass is 10.0. The van der Waals surface area contributed by atoms with Crippen molar-refractivity contribution in [2.45, 2.75) is 77.0 Å². The SMILES string of the molecule is CC(C)CC(NC(=O)C(CCCCN)NC(=O)C(C)N)C(=O)NC(CC(=O)O)C(=O)O. The Morgan fingerprint density at radius 1 is 0.806 bits per heavy atom. The number of carbonyl (C=O) groups excluding carboxylic acids is 3. The summed E-state index contributed by atoms with van der Waals surface area (Å²) < 4.78 is 0. The van der Waals surface area contributed by atoms with Crippen LogP contribution < -0.4 is 27.4 Å². The molecule has 0 aliphatic rings. The molecule has 0 aromatic carbocycles. The Hall–Kier alpha value is -2.73. The van der Waals surface area contributed by atoms with Gasteiger partial charge in [0.05, 0.1) is 12.5 Å². The smallest absolute Gasteiger partial charge is 0.326 e. The highest BCUT2D eigenvalue weighted by Gasteiger charge is 2.31. The van der Waals surface area contributed by atoms with Crippen molar-refractivity contribution < 1.29 is 34.2 Å². The predicted molar refractivity (Wildman–Crippen MR) is 112 cm³/mol. The van der Waals surface area contributed by atoms with E-state index in [1.165, 1.54) is 6.92 Å². The molecule has 0 aliphatic heterocycles. The topological polar surface area (TPSA) is 214 Å². The Balaban J connectivity index is 5.42. The number of nitrogens with two attached hydrogens (primary N) is 2. The van der Waals surface area contributed by atoms with Gasteiger partial charge in [-0.05, 0) is 45.1 Å². The number of unbranched alkanes of at least 4 members (excludes halogenated alkanes) is 1. The van der Waals surface area contributed by atoms with Gasteiger partial charge in [-0.15, -0.1) is 0 Å². The quantitative estimate of drug-likeness (QED) is 0.146. The minimum Gasteiger partial charge on any atom is -0.481 e. The van der Waals surface area contributed by atoms with Gasteiger partial charge in [0.1, 0.15) is 18.1 Å². The van der Waals surface area contributed by atoms with E-state index in [0.29, 0.717) is 19.4 Å². The first-order valence-electron chi connectivity index (χ1n) is 10.2. The molecule has 0 saturated heterocycles. The number of hydrogen-bond acceptors (Lipinski definition) is 7. The van der Waals surface area contributed by atoms with Gasteiger partial charge in [0.2, 0.25) is 17.7 Å². The number of nitrogens with one attached hydrogen (secondary N) is 3. The van der Waals surface area contributed by atoms with Crippen LogP contribution in [-0.2, 0) is 24.0 Å². The predicted octanol–water partition coefficient (Wildman–Crippen LogP) is -1.48. The normalized spacial score (nSPS) is 14.8. The Bertz CT molecular complexity index is 639. The lowest BCUT2D eigenvalue weighted by Gasteiger charge is -2.25. The first kappa shape index (κ1) is 28.3. The van der Waals surface area contributed by atoms with Crippen LogP contribution in [0.5, 0.6) is 0 Å². The van der Waals surface area contributed by atoms with E-state index >= 15 is 0 Å². The van der Waals surface area contributed by atoms with Crippen molar-refractivity contribution in [1.82, 2.24) is 16.0 Å². The van der Waals surface area contributed by atoms with E-state index < -0.39 is 60.2 Å². The highest BCUT2D eigenvalue weighted by Crippen LogP contribution is 2.08. The lowest BCUT2D eigenvalue weighted by molar-refractivity contribution is -0.147. The van der Waals surface area contributed by atoms with Crippen LogP contribution in [0.1, 0.15) is 52.9 Å². The monoisotopic (exact) mass is 445 g/mol. The minimum atomic E-state index is -1.64. The van der Waals surface area contributed by atoms with Gasteiger partial charge in [-0.2, -0.15) is 0 Å². The third-order valence-electron chi connectivity index (χ3n) is 4.33. The van der Waals surface area contributed by atoms with Gasteiger partial charge >= 0.3 is 11.9 Å². The molecule has 9 N–H and O–H groups in total. The molecule has 4 atom stereocenters. The van der Waals surface area contributed by atoms with Crippen LogP contribution >= 0.6 is 0 Å². The summed E-state index contributed by atoms with van der Waals surface area (Å²) in [5, 5.41) is 25.2. The number of carboxylic acids is 2. The van der Waals surface area contributed by atoms with Gasteiger partial charge in [-0.3, -0.25) is 19.2 Å². The van der Waals surface area contributed by atoms with Crippen LogP contribution in [0, 0.1) is 5.92 Å². The molecule has 0 aromatic rings. The third-order valence-corrected chi connectivity index (χ3v) is 4.33. The number of carboxylic acid groups (broad SMARTS) is 2. The Morgan fingerprint density at radius 3 is 1.77 bits per heavy atom. The van der Waals surface area contributed by atoms with Crippen molar-refractivity contribution in [1.29, 1.82) is 0 Å². The van der Waals surface area contributed by atoms with Crippen molar-refractivity contribution in [3.05, 3.63) is 0 Å². The van der Waals surface area contributed by atoms with Crippen molar-refractivity contribution in [3.63, 3.8) is 0 Å². The molecule has 0 bridgehead atoms. The van der Waals surface area contributed by atoms with Gasteiger partial charge in [0.15, 0.2) is 0 Å². The second kappa shape index (κ2) is 14.3. The highest BCUT2D eigenvalue weighted by molar-refractivity contribution is 5.94. The van der Waals surface area contributed by atoms with E-state index in [1.807, 2.05) is 0 Å². The summed E-state index contributed by atoms with van der Waals surface area (Å²) in [6.45, 7) is 5.48. The summed E-state index contributed by atoms with van der Waals surface area (Å²) in [5.74, 6) is -4.94. The Kier molecular flexibility index (Phi) is 13.0. The first-order valence-corrected chi connectivity index (χ1v) is 10.2. The van der Waals surface area contributed by atoms with E-state index in [4.69, 9.17) is 21.7 Å². The molecule has 31 heavy (non-hydrogen) atoms. The fourth-order valence-corrected chi connectivity index (χ4v) is 2.69. The third kappa shape index (κ3) is 11.9. The van der Waals surface area contributed by atoms with Crippen LogP contribution in [0.15, 0.2) is 0 Å². The molecule has 178 valence electrons. The standard InChI is InChI=1S/C19H35N5O7/c1-10(2)8-13(18(29)24-14(19(30)31)9-15(25)26)23-17(28)12(6-4-5-7-20)22-16(27)11(3)21/h10-14H,4-9,20-21H2,1-3H3,(H,22,27)(H,23,28)(H,24,29)(H,25,26)(H,30,31). The summed E-state index contributed by atoms with van der Waals surface area (Å²) in [6.07, 6.45) is 0.815. The number of aliphatic carboxylic acids is 2. The molecule has 12 nitrogen and oxygen atoms in total. The molecule has 0 saturated carbocycles. The number of hydrogen-bond donors (Lipinski definition) is 7. The van der Waals surface area contributed by atoms with Gasteiger partial charge in [0, 0.05) is 0 Å².